The van der Waals surface area contributed by atoms with Crippen LogP contribution < -0.4 is 21.9 Å². The molecule has 2 aromatic rings. The summed E-state index contributed by atoms with van der Waals surface area (Å²) in [5.41, 5.74) is 4.02. The number of aromatic nitrogens is 2. The first-order valence-corrected chi connectivity index (χ1v) is 9.69. The van der Waals surface area contributed by atoms with E-state index in [0.717, 1.165) is 21.3 Å². The third-order valence-corrected chi connectivity index (χ3v) is 5.74. The fourth-order valence-corrected chi connectivity index (χ4v) is 3.71. The van der Waals surface area contributed by atoms with Gasteiger partial charge in [-0.2, -0.15) is 13.2 Å². The Morgan fingerprint density at radius 3 is 2.26 bits per heavy atom. The van der Waals surface area contributed by atoms with Crippen molar-refractivity contribution in [1.82, 2.24) is 14.0 Å². The largest absolute Gasteiger partial charge is 0.416 e. The van der Waals surface area contributed by atoms with Gasteiger partial charge in [0.05, 0.1) is 11.6 Å². The highest BCUT2D eigenvalue weighted by atomic mass is 19.4. The number of benzene rings is 1. The Bertz CT molecular complexity index is 1110. The molecule has 168 valence electrons. The van der Waals surface area contributed by atoms with Gasteiger partial charge in [0.25, 0.3) is 5.56 Å². The minimum absolute atomic E-state index is 0.187. The van der Waals surface area contributed by atoms with Crippen LogP contribution in [0.4, 0.5) is 24.7 Å². The van der Waals surface area contributed by atoms with Crippen LogP contribution in [-0.2, 0) is 20.3 Å². The predicted octanol–water partition coefficient (Wildman–Crippen LogP) is 1.08. The quantitative estimate of drug-likeness (QED) is 0.717. The lowest BCUT2D eigenvalue weighted by Crippen LogP contribution is -2.53. The van der Waals surface area contributed by atoms with Crippen molar-refractivity contribution < 1.29 is 18.0 Å². The third kappa shape index (κ3) is 4.22. The Labute approximate surface area is 176 Å². The van der Waals surface area contributed by atoms with E-state index in [1.54, 1.807) is 13.0 Å². The van der Waals surface area contributed by atoms with Gasteiger partial charge in [0.1, 0.15) is 11.4 Å². The zero-order chi connectivity index (χ0) is 23.1. The summed E-state index contributed by atoms with van der Waals surface area (Å²) in [4.78, 5) is 41.1. The lowest BCUT2D eigenvalue weighted by Gasteiger charge is -2.38. The highest BCUT2D eigenvalue weighted by Gasteiger charge is 2.33. The molecular weight excluding hydrogens is 415 g/mol. The lowest BCUT2D eigenvalue weighted by molar-refractivity contribution is -0.137. The first-order chi connectivity index (χ1) is 14.4. The predicted molar refractivity (Wildman–Crippen MR) is 110 cm³/mol. The summed E-state index contributed by atoms with van der Waals surface area (Å²) in [6.07, 6.45) is -4.42. The van der Waals surface area contributed by atoms with E-state index in [2.05, 4.69) is 0 Å². The van der Waals surface area contributed by atoms with Gasteiger partial charge in [-0.1, -0.05) is 6.07 Å². The average molecular weight is 439 g/mol. The van der Waals surface area contributed by atoms with Gasteiger partial charge in [-0.25, -0.2) is 4.79 Å². The molecule has 0 saturated carbocycles. The van der Waals surface area contributed by atoms with Crippen LogP contribution in [0.15, 0.2) is 33.9 Å². The maximum atomic E-state index is 13.0. The SMILES string of the molecule is C[C@@H](C(=O)c1c(N)n(C)c(=O)n(C)c1=O)N1CCN(c2cccc(C(F)(F)F)c2)CC1. The monoisotopic (exact) mass is 439 g/mol. The van der Waals surface area contributed by atoms with Crippen molar-refractivity contribution in [1.29, 1.82) is 0 Å². The zero-order valence-electron chi connectivity index (χ0n) is 17.4. The van der Waals surface area contributed by atoms with Crippen LogP contribution in [0, 0.1) is 0 Å². The van der Waals surface area contributed by atoms with Gasteiger partial charge in [0.2, 0.25) is 0 Å². The molecule has 1 saturated heterocycles. The van der Waals surface area contributed by atoms with Crippen LogP contribution >= 0.6 is 0 Å². The van der Waals surface area contributed by atoms with Crippen LogP contribution in [0.3, 0.4) is 0 Å². The number of ketones is 1. The summed E-state index contributed by atoms with van der Waals surface area (Å²) in [6.45, 7) is 3.30. The molecule has 0 amide bonds. The molecule has 8 nitrogen and oxygen atoms in total. The molecule has 11 heteroatoms. The molecule has 2 heterocycles. The van der Waals surface area contributed by atoms with Crippen LogP contribution in [0.25, 0.3) is 0 Å². The maximum Gasteiger partial charge on any atom is 0.416 e. The second-order valence-electron chi connectivity index (χ2n) is 7.58. The van der Waals surface area contributed by atoms with Gasteiger partial charge in [0, 0.05) is 46.0 Å². The summed E-state index contributed by atoms with van der Waals surface area (Å²) in [7, 11) is 2.66. The molecule has 0 radical (unpaired) electrons. The molecule has 3 rings (SSSR count). The number of carbonyl (C=O) groups is 1. The van der Waals surface area contributed by atoms with Crippen molar-refractivity contribution in [2.24, 2.45) is 14.1 Å². The summed E-state index contributed by atoms with van der Waals surface area (Å²) in [5, 5.41) is 0. The van der Waals surface area contributed by atoms with Gasteiger partial charge in [-0.3, -0.25) is 23.6 Å². The number of carbonyl (C=O) groups excluding carboxylic acids is 1. The van der Waals surface area contributed by atoms with E-state index < -0.39 is 34.8 Å². The molecule has 31 heavy (non-hydrogen) atoms. The summed E-state index contributed by atoms with van der Waals surface area (Å²) in [5.74, 6) is -0.686. The Balaban J connectivity index is 1.76. The van der Waals surface area contributed by atoms with Crippen LogP contribution in [-0.4, -0.2) is 52.0 Å². The Hall–Kier alpha value is -3.08. The number of nitrogens with two attached hydrogens (primary N) is 1. The normalized spacial score (nSPS) is 16.4. The molecule has 2 N–H and O–H groups in total. The van der Waals surface area contributed by atoms with Crippen molar-refractivity contribution in [3.63, 3.8) is 0 Å². The molecule has 0 unspecified atom stereocenters. The number of hydrogen-bond acceptors (Lipinski definition) is 6. The van der Waals surface area contributed by atoms with Crippen LogP contribution in [0.1, 0.15) is 22.8 Å². The minimum atomic E-state index is -4.42. The average Bonchev–Trinajstić information content (AvgIpc) is 2.75. The number of piperazine rings is 1. The second kappa shape index (κ2) is 8.22. The number of Topliss-reactive ketones (excluding diaryl/α,β-unsaturated/α-hetero) is 1. The number of anilines is 2. The van der Waals surface area contributed by atoms with Crippen molar-refractivity contribution in [3.05, 3.63) is 56.2 Å². The maximum absolute atomic E-state index is 13.0. The highest BCUT2D eigenvalue weighted by Crippen LogP contribution is 2.32. The van der Waals surface area contributed by atoms with Gasteiger partial charge in [-0.15, -0.1) is 0 Å². The molecule has 1 atom stereocenters. The number of nitrogen functional groups attached to an aromatic ring is 1. The number of halogens is 3. The van der Waals surface area contributed by atoms with Crippen molar-refractivity contribution in [3.8, 4) is 0 Å². The van der Waals surface area contributed by atoms with E-state index in [4.69, 9.17) is 5.73 Å². The van der Waals surface area contributed by atoms with E-state index in [1.165, 1.54) is 20.2 Å². The first kappa shape index (κ1) is 22.6. The van der Waals surface area contributed by atoms with E-state index >= 15 is 0 Å². The van der Waals surface area contributed by atoms with Gasteiger partial charge >= 0.3 is 11.9 Å². The van der Waals surface area contributed by atoms with Crippen LogP contribution in [0.2, 0.25) is 0 Å². The molecule has 1 aromatic carbocycles. The van der Waals surface area contributed by atoms with Crippen molar-refractivity contribution >= 4 is 17.3 Å². The first-order valence-electron chi connectivity index (χ1n) is 9.69. The zero-order valence-corrected chi connectivity index (χ0v) is 17.4. The van der Waals surface area contributed by atoms with Gasteiger partial charge in [-0.05, 0) is 25.1 Å². The number of hydrogen-bond donors (Lipinski definition) is 1. The Morgan fingerprint density at radius 2 is 1.68 bits per heavy atom. The summed E-state index contributed by atoms with van der Waals surface area (Å²) < 4.78 is 40.8. The molecule has 1 aliphatic rings. The topological polar surface area (TPSA) is 93.6 Å². The van der Waals surface area contributed by atoms with Crippen molar-refractivity contribution in [2.45, 2.75) is 19.1 Å². The second-order valence-corrected chi connectivity index (χ2v) is 7.58. The van der Waals surface area contributed by atoms with Gasteiger partial charge in [0.15, 0.2) is 5.78 Å². The lowest BCUT2D eigenvalue weighted by atomic mass is 10.0. The van der Waals surface area contributed by atoms with Crippen molar-refractivity contribution in [2.75, 3.05) is 36.8 Å². The molecule has 1 aliphatic heterocycles. The Morgan fingerprint density at radius 1 is 1.06 bits per heavy atom. The van der Waals surface area contributed by atoms with E-state index in [1.807, 2.05) is 9.80 Å². The number of alkyl halides is 3. The highest BCUT2D eigenvalue weighted by molar-refractivity contribution is 6.03. The van der Waals surface area contributed by atoms with E-state index in [9.17, 15) is 27.6 Å². The molecule has 0 spiro atoms. The van der Waals surface area contributed by atoms with E-state index in [-0.39, 0.29) is 11.4 Å². The summed E-state index contributed by atoms with van der Waals surface area (Å²) in [6, 6.07) is 4.44. The third-order valence-electron chi connectivity index (χ3n) is 5.74. The molecule has 1 fully saturated rings. The molecule has 1 aromatic heterocycles. The fraction of sp³-hybridized carbons (Fsp3) is 0.450. The van der Waals surface area contributed by atoms with Crippen LogP contribution in [0.5, 0.6) is 0 Å². The Kier molecular flexibility index (Phi) is 5.99. The minimum Gasteiger partial charge on any atom is -0.384 e. The molecule has 0 aliphatic carbocycles. The number of rotatable bonds is 4. The van der Waals surface area contributed by atoms with E-state index in [0.29, 0.717) is 31.9 Å². The van der Waals surface area contributed by atoms with Gasteiger partial charge < -0.3 is 10.6 Å². The summed E-state index contributed by atoms with van der Waals surface area (Å²) >= 11 is 0. The fourth-order valence-electron chi connectivity index (χ4n) is 3.71. The standard InChI is InChI=1S/C20H24F3N5O3/c1-12(16(29)15-17(24)25(2)19(31)26(3)18(15)30)27-7-9-28(10-8-27)14-6-4-5-13(11-14)20(21,22)23/h4-6,11-12H,7-10,24H2,1-3H3/t12-/m0/s1. The molecular formula is C20H24F3N5O3. The number of nitrogens with zero attached hydrogens (tertiary/aromatic N) is 4. The molecule has 0 bridgehead atoms. The smallest absolute Gasteiger partial charge is 0.384 e.